The summed E-state index contributed by atoms with van der Waals surface area (Å²) < 4.78 is 2.16. The summed E-state index contributed by atoms with van der Waals surface area (Å²) in [5.41, 5.74) is 9.81. The van der Waals surface area contributed by atoms with E-state index in [9.17, 15) is 0 Å². The van der Waals surface area contributed by atoms with Crippen LogP contribution in [0.1, 0.15) is 44.1 Å². The Hall–Kier alpha value is -1.68. The van der Waals surface area contributed by atoms with Crippen LogP contribution in [0.15, 0.2) is 18.2 Å². The first-order chi connectivity index (χ1) is 9.50. The van der Waals surface area contributed by atoms with Crippen LogP contribution in [0, 0.1) is 0 Å². The first-order valence-corrected chi connectivity index (χ1v) is 7.27. The lowest BCUT2D eigenvalue weighted by Gasteiger charge is -2.25. The van der Waals surface area contributed by atoms with Crippen molar-refractivity contribution < 1.29 is 0 Å². The fourth-order valence-electron chi connectivity index (χ4n) is 3.05. The Kier molecular flexibility index (Phi) is 3.13. The van der Waals surface area contributed by atoms with Crippen molar-refractivity contribution in [1.82, 2.24) is 14.8 Å². The average molecular weight is 270 g/mol. The van der Waals surface area contributed by atoms with Gasteiger partial charge in [0, 0.05) is 11.1 Å². The van der Waals surface area contributed by atoms with Gasteiger partial charge in [0.15, 0.2) is 5.82 Å². The molecule has 3 rings (SSSR count). The number of hydrogen-bond donors (Lipinski definition) is 1. The van der Waals surface area contributed by atoms with Crippen molar-refractivity contribution in [3.8, 4) is 11.4 Å². The molecule has 1 heterocycles. The molecule has 0 amide bonds. The quantitative estimate of drug-likeness (QED) is 0.912. The molecular formula is C16H22N4. The molecule has 4 heteroatoms. The summed E-state index contributed by atoms with van der Waals surface area (Å²) in [6.45, 7) is 6.89. The molecule has 0 radical (unpaired) electrons. The minimum atomic E-state index is -0.0768. The number of fused-ring (bicyclic) bond motifs is 1. The first kappa shape index (κ1) is 13.3. The van der Waals surface area contributed by atoms with Gasteiger partial charge in [-0.1, -0.05) is 12.1 Å². The molecule has 2 aromatic rings. The average Bonchev–Trinajstić information content (AvgIpc) is 3.03. The summed E-state index contributed by atoms with van der Waals surface area (Å²) in [5, 5.41) is 8.64. The smallest absolute Gasteiger partial charge is 0.164 e. The molecule has 0 fully saturated rings. The van der Waals surface area contributed by atoms with Crippen molar-refractivity contribution in [2.75, 3.05) is 0 Å². The Morgan fingerprint density at radius 3 is 2.60 bits per heavy atom. The van der Waals surface area contributed by atoms with E-state index in [0.717, 1.165) is 17.2 Å². The molecule has 106 valence electrons. The lowest BCUT2D eigenvalue weighted by atomic mass is 10.0. The van der Waals surface area contributed by atoms with Gasteiger partial charge in [0.05, 0.1) is 6.54 Å². The van der Waals surface area contributed by atoms with Crippen LogP contribution in [0.4, 0.5) is 0 Å². The molecule has 4 nitrogen and oxygen atoms in total. The SMILES string of the molecule is CC(C)(C)n1c(CN)nnc1-c1ccc2c(c1)CCC2. The third-order valence-corrected chi connectivity index (χ3v) is 3.94. The van der Waals surface area contributed by atoms with E-state index in [4.69, 9.17) is 5.73 Å². The Morgan fingerprint density at radius 1 is 1.15 bits per heavy atom. The van der Waals surface area contributed by atoms with Crippen molar-refractivity contribution in [2.24, 2.45) is 5.73 Å². The van der Waals surface area contributed by atoms with Crippen LogP contribution in [0.2, 0.25) is 0 Å². The van der Waals surface area contributed by atoms with Gasteiger partial charge in [-0.2, -0.15) is 0 Å². The fraction of sp³-hybridized carbons (Fsp3) is 0.500. The van der Waals surface area contributed by atoms with Crippen molar-refractivity contribution in [2.45, 2.75) is 52.1 Å². The monoisotopic (exact) mass is 270 g/mol. The van der Waals surface area contributed by atoms with Crippen molar-refractivity contribution in [3.05, 3.63) is 35.2 Å². The first-order valence-electron chi connectivity index (χ1n) is 7.27. The maximum atomic E-state index is 5.81. The van der Waals surface area contributed by atoms with Crippen LogP contribution in [-0.4, -0.2) is 14.8 Å². The highest BCUT2D eigenvalue weighted by atomic mass is 15.3. The molecule has 0 saturated heterocycles. The molecule has 1 aliphatic rings. The van der Waals surface area contributed by atoms with E-state index in [1.165, 1.54) is 30.4 Å². The molecule has 0 saturated carbocycles. The zero-order valence-electron chi connectivity index (χ0n) is 12.5. The van der Waals surface area contributed by atoms with Gasteiger partial charge in [0.2, 0.25) is 0 Å². The van der Waals surface area contributed by atoms with Crippen molar-refractivity contribution >= 4 is 0 Å². The van der Waals surface area contributed by atoms with E-state index < -0.39 is 0 Å². The van der Waals surface area contributed by atoms with Crippen molar-refractivity contribution in [3.63, 3.8) is 0 Å². The topological polar surface area (TPSA) is 56.7 Å². The van der Waals surface area contributed by atoms with Crippen LogP contribution in [-0.2, 0) is 24.9 Å². The van der Waals surface area contributed by atoms with Gasteiger partial charge in [-0.3, -0.25) is 0 Å². The molecule has 0 atom stereocenters. The number of rotatable bonds is 2. The zero-order chi connectivity index (χ0) is 14.3. The van der Waals surface area contributed by atoms with E-state index >= 15 is 0 Å². The Bertz CT molecular complexity index is 634. The largest absolute Gasteiger partial charge is 0.324 e. The summed E-state index contributed by atoms with van der Waals surface area (Å²) in [6.07, 6.45) is 3.64. The molecule has 0 unspecified atom stereocenters. The molecule has 2 N–H and O–H groups in total. The highest BCUT2D eigenvalue weighted by Gasteiger charge is 2.24. The summed E-state index contributed by atoms with van der Waals surface area (Å²) in [5.74, 6) is 1.76. The summed E-state index contributed by atoms with van der Waals surface area (Å²) in [6, 6.07) is 6.67. The fourth-order valence-corrected chi connectivity index (χ4v) is 3.05. The predicted molar refractivity (Wildman–Crippen MR) is 80.4 cm³/mol. The molecule has 1 aromatic heterocycles. The minimum Gasteiger partial charge on any atom is -0.324 e. The number of benzene rings is 1. The van der Waals surface area contributed by atoms with Crippen molar-refractivity contribution in [1.29, 1.82) is 0 Å². The number of aromatic nitrogens is 3. The molecule has 20 heavy (non-hydrogen) atoms. The number of hydrogen-bond acceptors (Lipinski definition) is 3. The lowest BCUT2D eigenvalue weighted by molar-refractivity contribution is 0.386. The summed E-state index contributed by atoms with van der Waals surface area (Å²) in [4.78, 5) is 0. The third-order valence-electron chi connectivity index (χ3n) is 3.94. The van der Waals surface area contributed by atoms with Crippen LogP contribution >= 0.6 is 0 Å². The van der Waals surface area contributed by atoms with E-state index in [0.29, 0.717) is 6.54 Å². The lowest BCUT2D eigenvalue weighted by Crippen LogP contribution is -2.26. The molecular weight excluding hydrogens is 248 g/mol. The maximum Gasteiger partial charge on any atom is 0.164 e. The van der Waals surface area contributed by atoms with E-state index in [1.807, 2.05) is 0 Å². The third kappa shape index (κ3) is 2.14. The summed E-state index contributed by atoms with van der Waals surface area (Å²) >= 11 is 0. The van der Waals surface area contributed by atoms with Gasteiger partial charge in [0.1, 0.15) is 5.82 Å². The Labute approximate surface area is 120 Å². The van der Waals surface area contributed by atoms with Crippen LogP contribution in [0.5, 0.6) is 0 Å². The van der Waals surface area contributed by atoms with E-state index in [2.05, 4.69) is 53.7 Å². The van der Waals surface area contributed by atoms with Gasteiger partial charge >= 0.3 is 0 Å². The minimum absolute atomic E-state index is 0.0768. The van der Waals surface area contributed by atoms with E-state index in [1.54, 1.807) is 0 Å². The standard InChI is InChI=1S/C16H22N4/c1-16(2,3)20-14(10-17)18-19-15(20)13-8-7-11-5-4-6-12(11)9-13/h7-9H,4-6,10,17H2,1-3H3. The highest BCUT2D eigenvalue weighted by molar-refractivity contribution is 5.59. The van der Waals surface area contributed by atoms with Crippen LogP contribution < -0.4 is 5.73 Å². The molecule has 0 aliphatic heterocycles. The second-order valence-corrected chi connectivity index (χ2v) is 6.49. The normalized spacial score (nSPS) is 14.6. The zero-order valence-corrected chi connectivity index (χ0v) is 12.5. The Morgan fingerprint density at radius 2 is 1.90 bits per heavy atom. The molecule has 0 spiro atoms. The number of nitrogens with zero attached hydrogens (tertiary/aromatic N) is 3. The summed E-state index contributed by atoms with van der Waals surface area (Å²) in [7, 11) is 0. The molecule has 0 bridgehead atoms. The van der Waals surface area contributed by atoms with Crippen LogP contribution in [0.25, 0.3) is 11.4 Å². The maximum absolute atomic E-state index is 5.81. The van der Waals surface area contributed by atoms with Gasteiger partial charge < -0.3 is 10.3 Å². The van der Waals surface area contributed by atoms with Gasteiger partial charge in [-0.25, -0.2) is 0 Å². The predicted octanol–water partition coefficient (Wildman–Crippen LogP) is 2.65. The molecule has 1 aromatic carbocycles. The number of aryl methyl sites for hydroxylation is 2. The molecule has 1 aliphatic carbocycles. The second kappa shape index (κ2) is 4.70. The van der Waals surface area contributed by atoms with Crippen LogP contribution in [0.3, 0.4) is 0 Å². The Balaban J connectivity index is 2.13. The van der Waals surface area contributed by atoms with Gasteiger partial charge in [-0.05, 0) is 57.2 Å². The van der Waals surface area contributed by atoms with Gasteiger partial charge in [-0.15, -0.1) is 10.2 Å². The highest BCUT2D eigenvalue weighted by Crippen LogP contribution is 2.30. The second-order valence-electron chi connectivity index (χ2n) is 6.49. The van der Waals surface area contributed by atoms with Gasteiger partial charge in [0.25, 0.3) is 0 Å². The number of nitrogens with two attached hydrogens (primary N) is 1. The van der Waals surface area contributed by atoms with E-state index in [-0.39, 0.29) is 5.54 Å².